The summed E-state index contributed by atoms with van der Waals surface area (Å²) in [6.45, 7) is 0.543. The van der Waals surface area contributed by atoms with E-state index in [9.17, 15) is 30.0 Å². The van der Waals surface area contributed by atoms with Crippen LogP contribution in [0.2, 0.25) is 0 Å². The molecule has 0 saturated heterocycles. The van der Waals surface area contributed by atoms with Crippen LogP contribution in [-0.2, 0) is 43.7 Å². The maximum absolute atomic E-state index is 13.1. The summed E-state index contributed by atoms with van der Waals surface area (Å²) in [5, 5.41) is 0. The van der Waals surface area contributed by atoms with Gasteiger partial charge >= 0.3 is 26.6 Å². The molecule has 0 aromatic heterocycles. The van der Waals surface area contributed by atoms with E-state index in [4.69, 9.17) is 15.7 Å². The number of hydrogen-bond donors (Lipinski definition) is 2. The number of sulfonamides is 1. The van der Waals surface area contributed by atoms with Crippen molar-refractivity contribution in [3.05, 3.63) is 95.6 Å². The molecule has 3 aromatic carbocycles. The number of carbonyl (C=O) groups is 1. The zero-order chi connectivity index (χ0) is 28.6. The Morgan fingerprint density at radius 2 is 1.49 bits per heavy atom. The maximum Gasteiger partial charge on any atom is 0.376 e. The van der Waals surface area contributed by atoms with Crippen LogP contribution in [0.5, 0.6) is 5.75 Å². The number of anilines is 1. The first-order valence-electron chi connectivity index (χ1n) is 11.1. The number of benzene rings is 3. The van der Waals surface area contributed by atoms with Crippen molar-refractivity contribution >= 4 is 48.4 Å². The van der Waals surface area contributed by atoms with E-state index in [1.54, 1.807) is 24.3 Å². The van der Waals surface area contributed by atoms with Crippen LogP contribution in [0.1, 0.15) is 16.7 Å². The van der Waals surface area contributed by atoms with Crippen LogP contribution in [-0.4, -0.2) is 37.0 Å². The van der Waals surface area contributed by atoms with Crippen LogP contribution in [0.25, 0.3) is 6.08 Å². The van der Waals surface area contributed by atoms with Gasteiger partial charge in [-0.2, -0.15) is 21.1 Å². The van der Waals surface area contributed by atoms with Crippen molar-refractivity contribution in [2.24, 2.45) is 15.8 Å². The minimum absolute atomic E-state index is 0.153. The molecule has 39 heavy (non-hydrogen) atoms. The van der Waals surface area contributed by atoms with Crippen LogP contribution in [0.15, 0.2) is 88.1 Å². The Labute approximate surface area is 227 Å². The zero-order valence-electron chi connectivity index (χ0n) is 20.2. The zero-order valence-corrected chi connectivity index (χ0v) is 22.7. The van der Waals surface area contributed by atoms with E-state index in [2.05, 4.69) is 4.36 Å². The van der Waals surface area contributed by atoms with Crippen molar-refractivity contribution < 1.29 is 34.2 Å². The molecule has 0 aliphatic rings. The van der Waals surface area contributed by atoms with Gasteiger partial charge in [0.1, 0.15) is 10.6 Å². The molecule has 15 heteroatoms. The van der Waals surface area contributed by atoms with E-state index in [0.717, 1.165) is 17.7 Å². The van der Waals surface area contributed by atoms with Gasteiger partial charge in [0, 0.05) is 19.2 Å². The molecule has 0 spiro atoms. The molecule has 3 aromatic rings. The van der Waals surface area contributed by atoms with Gasteiger partial charge in [-0.15, -0.1) is 0 Å². The maximum atomic E-state index is 13.1. The lowest BCUT2D eigenvalue weighted by Gasteiger charge is -2.19. The fourth-order valence-electron chi connectivity index (χ4n) is 3.26. The Hall–Kier alpha value is -3.89. The van der Waals surface area contributed by atoms with Crippen molar-refractivity contribution in [1.82, 2.24) is 0 Å². The summed E-state index contributed by atoms with van der Waals surface area (Å²) in [7, 11) is -12.1. The molecule has 0 radical (unpaired) electrons. The highest BCUT2D eigenvalue weighted by Gasteiger charge is 2.29. The number of hydrogen-bond acceptors (Lipinski definition) is 10. The Bertz CT molecular complexity index is 1710. The molecule has 0 atom stereocenters. The molecule has 4 N–H and O–H groups in total. The van der Waals surface area contributed by atoms with E-state index in [0.29, 0.717) is 17.7 Å². The number of nitrogens with zero attached hydrogens (tertiary/aromatic N) is 2. The fraction of sp³-hybridized carbons (Fsp3) is 0.125. The summed E-state index contributed by atoms with van der Waals surface area (Å²) >= 11 is 0. The van der Waals surface area contributed by atoms with E-state index in [-0.39, 0.29) is 27.2 Å². The van der Waals surface area contributed by atoms with Gasteiger partial charge in [-0.1, -0.05) is 59.0 Å². The second-order valence-corrected chi connectivity index (χ2v) is 11.9. The molecule has 0 bridgehead atoms. The highest BCUT2D eigenvalue weighted by molar-refractivity contribution is 7.93. The normalized spacial score (nSPS) is 11.7. The number of nitrogens with two attached hydrogens (primary N) is 2. The van der Waals surface area contributed by atoms with Crippen LogP contribution in [0, 0.1) is 0 Å². The van der Waals surface area contributed by atoms with Gasteiger partial charge in [-0.05, 0) is 41.0 Å². The summed E-state index contributed by atoms with van der Waals surface area (Å²) in [5.74, 6) is -1.04. The molecule has 206 valence electrons. The molecule has 3 rings (SSSR count). The summed E-state index contributed by atoms with van der Waals surface area (Å²) in [6, 6.07) is 15.5. The summed E-state index contributed by atoms with van der Waals surface area (Å²) in [4.78, 5) is 12.4. The highest BCUT2D eigenvalue weighted by atomic mass is 32.2. The van der Waals surface area contributed by atoms with Gasteiger partial charge in [-0.25, -0.2) is 13.2 Å². The fourth-order valence-corrected chi connectivity index (χ4v) is 5.65. The molecule has 0 saturated carbocycles. The van der Waals surface area contributed by atoms with Gasteiger partial charge in [0.2, 0.25) is 10.0 Å². The third-order valence-electron chi connectivity index (χ3n) is 5.14. The SMILES string of the molecule is NCc1ccc(C=CCS(=O)(=O)N(C(=O)N=S(=O)=O)c2cccc(OS(=O)(=O)c3ccc(CN)cc3)c2)cc1. The average Bonchev–Trinajstić information content (AvgIpc) is 2.88. The second kappa shape index (κ2) is 12.8. The minimum Gasteiger partial charge on any atom is -0.379 e. The highest BCUT2D eigenvalue weighted by Crippen LogP contribution is 2.27. The molecular weight excluding hydrogens is 568 g/mol. The molecule has 12 nitrogen and oxygen atoms in total. The number of urea groups is 1. The summed E-state index contributed by atoms with van der Waals surface area (Å²) in [6.07, 6.45) is 2.75. The summed E-state index contributed by atoms with van der Waals surface area (Å²) < 4.78 is 81.8. The van der Waals surface area contributed by atoms with Gasteiger partial charge in [0.05, 0.1) is 11.4 Å². The monoisotopic (exact) mass is 592 g/mol. The molecule has 0 aliphatic carbocycles. The Kier molecular flexibility index (Phi) is 9.71. The van der Waals surface area contributed by atoms with Gasteiger partial charge in [0.25, 0.3) is 0 Å². The standard InChI is InChI=1S/C24H24N4O8S3/c25-16-19-8-6-18(7-9-19)3-2-14-38(32,33)28(24(29)27-37(30)31)21-4-1-5-22(15-21)36-39(34,35)23-12-10-20(17-26)11-13-23/h1-13,15H,14,16-17,25-26H2. The van der Waals surface area contributed by atoms with Gasteiger partial charge in [0.15, 0.2) is 0 Å². The first-order chi connectivity index (χ1) is 18.4. The predicted octanol–water partition coefficient (Wildman–Crippen LogP) is 2.40. The molecule has 0 heterocycles. The third-order valence-corrected chi connectivity index (χ3v) is 8.25. The van der Waals surface area contributed by atoms with Crippen molar-refractivity contribution in [2.75, 3.05) is 10.1 Å². The molecular formula is C24H24N4O8S3. The van der Waals surface area contributed by atoms with Crippen LogP contribution in [0.4, 0.5) is 10.5 Å². The topological polar surface area (TPSA) is 196 Å². The van der Waals surface area contributed by atoms with Gasteiger partial charge in [-0.3, -0.25) is 0 Å². The third kappa shape index (κ3) is 8.05. The average molecular weight is 593 g/mol. The molecule has 0 aliphatic heterocycles. The van der Waals surface area contributed by atoms with E-state index < -0.39 is 42.4 Å². The molecule has 0 unspecified atom stereocenters. The predicted molar refractivity (Wildman–Crippen MR) is 145 cm³/mol. The van der Waals surface area contributed by atoms with E-state index >= 15 is 0 Å². The number of amides is 2. The lowest BCUT2D eigenvalue weighted by atomic mass is 10.1. The Morgan fingerprint density at radius 1 is 0.897 bits per heavy atom. The Morgan fingerprint density at radius 3 is 2.05 bits per heavy atom. The van der Waals surface area contributed by atoms with Crippen molar-refractivity contribution in [3.63, 3.8) is 0 Å². The smallest absolute Gasteiger partial charge is 0.376 e. The van der Waals surface area contributed by atoms with E-state index in [1.807, 2.05) is 0 Å². The minimum atomic E-state index is -4.53. The number of rotatable bonds is 10. The molecule has 2 amide bonds. The Balaban J connectivity index is 1.92. The van der Waals surface area contributed by atoms with E-state index in [1.165, 1.54) is 48.6 Å². The van der Waals surface area contributed by atoms with Crippen LogP contribution < -0.4 is 20.0 Å². The quantitative estimate of drug-likeness (QED) is 0.330. The first kappa shape index (κ1) is 29.7. The summed E-state index contributed by atoms with van der Waals surface area (Å²) in [5.41, 5.74) is 12.9. The lowest BCUT2D eigenvalue weighted by Crippen LogP contribution is -2.36. The second-order valence-electron chi connectivity index (χ2n) is 7.86. The van der Waals surface area contributed by atoms with Crippen LogP contribution in [0.3, 0.4) is 0 Å². The van der Waals surface area contributed by atoms with Crippen molar-refractivity contribution in [3.8, 4) is 5.75 Å². The number of carbonyl (C=O) groups excluding carboxylic acids is 1. The van der Waals surface area contributed by atoms with Gasteiger partial charge < -0.3 is 15.7 Å². The lowest BCUT2D eigenvalue weighted by molar-refractivity contribution is 0.257. The van der Waals surface area contributed by atoms with Crippen LogP contribution >= 0.6 is 0 Å². The van der Waals surface area contributed by atoms with Crippen molar-refractivity contribution in [1.29, 1.82) is 0 Å². The molecule has 0 fully saturated rings. The van der Waals surface area contributed by atoms with Crippen molar-refractivity contribution in [2.45, 2.75) is 18.0 Å². The largest absolute Gasteiger partial charge is 0.379 e. The first-order valence-corrected chi connectivity index (χ1v) is 15.2.